The summed E-state index contributed by atoms with van der Waals surface area (Å²) in [7, 11) is 0. The maximum atomic E-state index is 11.4. The highest BCUT2D eigenvalue weighted by Gasteiger charge is 2.42. The van der Waals surface area contributed by atoms with Crippen LogP contribution in [0.5, 0.6) is 0 Å². The molecule has 0 unspecified atom stereocenters. The molecule has 0 bridgehead atoms. The lowest BCUT2D eigenvalue weighted by Gasteiger charge is -2.29. The molecule has 6 nitrogen and oxygen atoms in total. The second kappa shape index (κ2) is 9.40. The molecule has 2 N–H and O–H groups in total. The van der Waals surface area contributed by atoms with Crippen molar-refractivity contribution in [2.24, 2.45) is 0 Å². The van der Waals surface area contributed by atoms with E-state index in [-0.39, 0.29) is 18.0 Å². The van der Waals surface area contributed by atoms with E-state index < -0.39 is 0 Å². The van der Waals surface area contributed by atoms with Crippen molar-refractivity contribution in [2.45, 2.75) is 19.0 Å². The van der Waals surface area contributed by atoms with E-state index >= 15 is 0 Å². The Kier molecular flexibility index (Phi) is 6.17. The standard InChI is InChI=1S/C26H22BrN5OS/c1-17(33)29-19-10-12-20(13-11-19)32-25(24(30-26(32)34)22-8-2-3-14-28-22)23-9-5-15-31(23)21-7-4-6-18(27)16-21/h2-16,24-25H,1H3,(H,29,33)(H,30,34)/t24-,25-/m0/s1. The molecule has 0 spiro atoms. The summed E-state index contributed by atoms with van der Waals surface area (Å²) in [6.45, 7) is 1.50. The van der Waals surface area contributed by atoms with Crippen LogP contribution in [-0.4, -0.2) is 20.6 Å². The van der Waals surface area contributed by atoms with E-state index in [0.29, 0.717) is 5.11 Å². The first kappa shape index (κ1) is 22.3. The summed E-state index contributed by atoms with van der Waals surface area (Å²) >= 11 is 9.42. The third-order valence-electron chi connectivity index (χ3n) is 5.73. The van der Waals surface area contributed by atoms with Gasteiger partial charge in [-0.3, -0.25) is 9.78 Å². The van der Waals surface area contributed by atoms with Gasteiger partial charge in [-0.15, -0.1) is 0 Å². The predicted octanol–water partition coefficient (Wildman–Crippen LogP) is 5.77. The number of carbonyl (C=O) groups is 1. The van der Waals surface area contributed by atoms with Crippen LogP contribution < -0.4 is 15.5 Å². The van der Waals surface area contributed by atoms with Gasteiger partial charge >= 0.3 is 0 Å². The molecule has 5 rings (SSSR count). The van der Waals surface area contributed by atoms with Gasteiger partial charge in [0.25, 0.3) is 0 Å². The second-order valence-corrected chi connectivity index (χ2v) is 9.31. The molecule has 1 saturated heterocycles. The first-order valence-corrected chi connectivity index (χ1v) is 12.0. The van der Waals surface area contributed by atoms with Crippen LogP contribution >= 0.6 is 28.1 Å². The molecule has 4 aromatic rings. The molecule has 0 radical (unpaired) electrons. The van der Waals surface area contributed by atoms with Gasteiger partial charge in [-0.25, -0.2) is 0 Å². The number of hydrogen-bond donors (Lipinski definition) is 2. The number of pyridine rings is 1. The number of hydrogen-bond acceptors (Lipinski definition) is 3. The van der Waals surface area contributed by atoms with Gasteiger partial charge < -0.3 is 20.1 Å². The van der Waals surface area contributed by atoms with E-state index in [1.54, 1.807) is 6.20 Å². The van der Waals surface area contributed by atoms with Crippen molar-refractivity contribution in [2.75, 3.05) is 10.2 Å². The van der Waals surface area contributed by atoms with Crippen molar-refractivity contribution in [1.82, 2.24) is 14.9 Å². The third kappa shape index (κ3) is 4.34. The fourth-order valence-corrected chi connectivity index (χ4v) is 5.07. The highest BCUT2D eigenvalue weighted by molar-refractivity contribution is 9.10. The number of rotatable bonds is 5. The van der Waals surface area contributed by atoms with E-state index in [2.05, 4.69) is 65.4 Å². The zero-order chi connectivity index (χ0) is 23.7. The Morgan fingerprint density at radius 1 is 1.03 bits per heavy atom. The molecule has 0 saturated carbocycles. The number of halogens is 1. The molecule has 1 aliphatic rings. The average molecular weight is 532 g/mol. The fourth-order valence-electron chi connectivity index (χ4n) is 4.34. The Hall–Kier alpha value is -3.49. The molecule has 0 aliphatic carbocycles. The highest BCUT2D eigenvalue weighted by atomic mass is 79.9. The van der Waals surface area contributed by atoms with Crippen LogP contribution in [0, 0.1) is 0 Å². The molecule has 34 heavy (non-hydrogen) atoms. The normalized spacial score (nSPS) is 17.5. The molecule has 2 atom stereocenters. The van der Waals surface area contributed by atoms with Crippen molar-refractivity contribution in [3.05, 3.63) is 107 Å². The second-order valence-electron chi connectivity index (χ2n) is 8.01. The van der Waals surface area contributed by atoms with E-state index in [0.717, 1.165) is 32.9 Å². The lowest BCUT2D eigenvalue weighted by Crippen LogP contribution is -2.30. The summed E-state index contributed by atoms with van der Waals surface area (Å²) in [5.41, 5.74) is 4.70. The first-order valence-electron chi connectivity index (χ1n) is 10.8. The van der Waals surface area contributed by atoms with Crippen molar-refractivity contribution >= 4 is 50.5 Å². The zero-order valence-corrected chi connectivity index (χ0v) is 20.8. The number of nitrogens with zero attached hydrogens (tertiary/aromatic N) is 3. The van der Waals surface area contributed by atoms with Crippen molar-refractivity contribution < 1.29 is 4.79 Å². The van der Waals surface area contributed by atoms with Gasteiger partial charge in [0, 0.05) is 46.5 Å². The van der Waals surface area contributed by atoms with Crippen LogP contribution in [0.4, 0.5) is 11.4 Å². The third-order valence-corrected chi connectivity index (χ3v) is 6.54. The first-order chi connectivity index (χ1) is 16.5. The summed E-state index contributed by atoms with van der Waals surface area (Å²) in [4.78, 5) is 18.2. The van der Waals surface area contributed by atoms with Crippen molar-refractivity contribution in [3.8, 4) is 5.69 Å². The van der Waals surface area contributed by atoms with Crippen LogP contribution in [0.3, 0.4) is 0 Å². The molecule has 2 aromatic carbocycles. The molecular weight excluding hydrogens is 510 g/mol. The van der Waals surface area contributed by atoms with Crippen LogP contribution in [0.1, 0.15) is 30.4 Å². The van der Waals surface area contributed by atoms with Gasteiger partial charge in [-0.05, 0) is 78.9 Å². The number of benzene rings is 2. The van der Waals surface area contributed by atoms with Crippen LogP contribution in [0.2, 0.25) is 0 Å². The molecule has 8 heteroatoms. The van der Waals surface area contributed by atoms with Gasteiger partial charge in [-0.1, -0.05) is 28.1 Å². The maximum absolute atomic E-state index is 11.4. The molecule has 1 amide bonds. The Balaban J connectivity index is 1.62. The number of carbonyl (C=O) groups excluding carboxylic acids is 1. The monoisotopic (exact) mass is 531 g/mol. The summed E-state index contributed by atoms with van der Waals surface area (Å²) in [6, 6.07) is 25.7. The van der Waals surface area contributed by atoms with Gasteiger partial charge in [0.15, 0.2) is 5.11 Å². The Labute approximate surface area is 211 Å². The zero-order valence-electron chi connectivity index (χ0n) is 18.4. The molecule has 2 aromatic heterocycles. The van der Waals surface area contributed by atoms with Gasteiger partial charge in [0.05, 0.1) is 11.7 Å². The Bertz CT molecular complexity index is 1340. The predicted molar refractivity (Wildman–Crippen MR) is 142 cm³/mol. The van der Waals surface area contributed by atoms with Gasteiger partial charge in [-0.2, -0.15) is 0 Å². The van der Waals surface area contributed by atoms with Gasteiger partial charge in [0.1, 0.15) is 6.04 Å². The largest absolute Gasteiger partial charge is 0.351 e. The van der Waals surface area contributed by atoms with Crippen LogP contribution in [0.25, 0.3) is 5.69 Å². The maximum Gasteiger partial charge on any atom is 0.221 e. The van der Waals surface area contributed by atoms with Crippen LogP contribution in [0.15, 0.2) is 95.7 Å². The lowest BCUT2D eigenvalue weighted by molar-refractivity contribution is -0.114. The quantitative estimate of drug-likeness (QED) is 0.320. The van der Waals surface area contributed by atoms with E-state index in [1.807, 2.05) is 60.7 Å². The Morgan fingerprint density at radius 3 is 2.56 bits per heavy atom. The molecule has 170 valence electrons. The summed E-state index contributed by atoms with van der Waals surface area (Å²) in [5.74, 6) is -0.106. The minimum Gasteiger partial charge on any atom is -0.351 e. The topological polar surface area (TPSA) is 62.2 Å². The average Bonchev–Trinajstić information content (AvgIpc) is 3.44. The van der Waals surface area contributed by atoms with E-state index in [9.17, 15) is 4.79 Å². The number of anilines is 2. The SMILES string of the molecule is CC(=O)Nc1ccc(N2C(=S)N[C@@H](c3ccccn3)[C@@H]2c2cccn2-c2cccc(Br)c2)cc1. The summed E-state index contributed by atoms with van der Waals surface area (Å²) < 4.78 is 3.19. The number of nitrogens with one attached hydrogen (secondary N) is 2. The summed E-state index contributed by atoms with van der Waals surface area (Å²) in [6.07, 6.45) is 3.86. The van der Waals surface area contributed by atoms with E-state index in [1.165, 1.54) is 6.92 Å². The Morgan fingerprint density at radius 2 is 1.85 bits per heavy atom. The smallest absolute Gasteiger partial charge is 0.221 e. The molecular formula is C26H22BrN5OS. The fraction of sp³-hybridized carbons (Fsp3) is 0.115. The molecule has 1 fully saturated rings. The minimum atomic E-state index is -0.150. The van der Waals surface area contributed by atoms with Crippen molar-refractivity contribution in [1.29, 1.82) is 0 Å². The van der Waals surface area contributed by atoms with E-state index in [4.69, 9.17) is 12.2 Å². The number of aromatic nitrogens is 2. The number of amides is 1. The highest BCUT2D eigenvalue weighted by Crippen LogP contribution is 2.42. The minimum absolute atomic E-state index is 0.106. The number of thiocarbonyl (C=S) groups is 1. The lowest BCUT2D eigenvalue weighted by atomic mass is 10.0. The van der Waals surface area contributed by atoms with Crippen LogP contribution in [-0.2, 0) is 4.79 Å². The molecule has 1 aliphatic heterocycles. The van der Waals surface area contributed by atoms with Crippen molar-refractivity contribution in [3.63, 3.8) is 0 Å². The summed E-state index contributed by atoms with van der Waals surface area (Å²) in [5, 5.41) is 6.94. The molecule has 3 heterocycles. The van der Waals surface area contributed by atoms with Gasteiger partial charge in [0.2, 0.25) is 5.91 Å².